The lowest BCUT2D eigenvalue weighted by Crippen LogP contribution is -2.18. The first kappa shape index (κ1) is 11.7. The molecule has 2 rings (SSSR count). The van der Waals surface area contributed by atoms with Crippen molar-refractivity contribution < 1.29 is 0 Å². The minimum atomic E-state index is 0.779. The van der Waals surface area contributed by atoms with Crippen LogP contribution in [0.4, 0.5) is 0 Å². The number of hydrogen-bond donors (Lipinski definition) is 1. The number of nitrogens with one attached hydrogen (secondary N) is 1. The van der Waals surface area contributed by atoms with Gasteiger partial charge in [-0.2, -0.15) is 5.10 Å². The van der Waals surface area contributed by atoms with E-state index in [-0.39, 0.29) is 0 Å². The standard InChI is InChI=1S/C12H17N5/c1-10-14-7-3-11(16-10)9-13-6-4-12-5-8-15-17(12)2/h3,5,7-8,13H,4,6,9H2,1-2H3. The largest absolute Gasteiger partial charge is 0.311 e. The molecular formula is C12H17N5. The highest BCUT2D eigenvalue weighted by Crippen LogP contribution is 1.97. The van der Waals surface area contributed by atoms with Gasteiger partial charge in [0, 0.05) is 44.6 Å². The molecule has 0 aliphatic carbocycles. The molecule has 0 aliphatic heterocycles. The number of rotatable bonds is 5. The van der Waals surface area contributed by atoms with Crippen LogP contribution in [-0.2, 0) is 20.0 Å². The van der Waals surface area contributed by atoms with Crippen LogP contribution in [0, 0.1) is 6.92 Å². The number of nitrogens with zero attached hydrogens (tertiary/aromatic N) is 4. The number of hydrogen-bond acceptors (Lipinski definition) is 4. The molecule has 1 N–H and O–H groups in total. The van der Waals surface area contributed by atoms with Crippen molar-refractivity contribution in [2.24, 2.45) is 7.05 Å². The summed E-state index contributed by atoms with van der Waals surface area (Å²) in [6, 6.07) is 3.97. The molecule has 0 fully saturated rings. The fraction of sp³-hybridized carbons (Fsp3) is 0.417. The van der Waals surface area contributed by atoms with Gasteiger partial charge in [-0.15, -0.1) is 0 Å². The summed E-state index contributed by atoms with van der Waals surface area (Å²) in [4.78, 5) is 8.40. The summed E-state index contributed by atoms with van der Waals surface area (Å²) in [6.45, 7) is 3.60. The van der Waals surface area contributed by atoms with E-state index in [1.54, 1.807) is 6.20 Å². The topological polar surface area (TPSA) is 55.6 Å². The number of aryl methyl sites for hydroxylation is 2. The summed E-state index contributed by atoms with van der Waals surface area (Å²) >= 11 is 0. The average molecular weight is 231 g/mol. The third-order valence-electron chi connectivity index (χ3n) is 2.62. The van der Waals surface area contributed by atoms with Crippen molar-refractivity contribution in [1.82, 2.24) is 25.1 Å². The first-order valence-electron chi connectivity index (χ1n) is 5.72. The summed E-state index contributed by atoms with van der Waals surface area (Å²) in [5.74, 6) is 0.816. The lowest BCUT2D eigenvalue weighted by molar-refractivity contribution is 0.635. The molecule has 0 saturated carbocycles. The molecule has 0 bridgehead atoms. The van der Waals surface area contributed by atoms with E-state index in [4.69, 9.17) is 0 Å². The molecule has 5 nitrogen and oxygen atoms in total. The van der Waals surface area contributed by atoms with E-state index in [0.717, 1.165) is 31.0 Å². The molecule has 0 unspecified atom stereocenters. The van der Waals surface area contributed by atoms with Crippen LogP contribution in [0.1, 0.15) is 17.2 Å². The van der Waals surface area contributed by atoms with Crippen molar-refractivity contribution in [2.45, 2.75) is 19.9 Å². The van der Waals surface area contributed by atoms with Crippen molar-refractivity contribution in [2.75, 3.05) is 6.54 Å². The van der Waals surface area contributed by atoms with Gasteiger partial charge < -0.3 is 5.32 Å². The molecule has 0 radical (unpaired) electrons. The molecule has 0 spiro atoms. The van der Waals surface area contributed by atoms with Gasteiger partial charge in [0.15, 0.2) is 0 Å². The van der Waals surface area contributed by atoms with Gasteiger partial charge in [-0.1, -0.05) is 0 Å². The maximum absolute atomic E-state index is 4.33. The summed E-state index contributed by atoms with van der Waals surface area (Å²) in [5.41, 5.74) is 2.26. The van der Waals surface area contributed by atoms with Crippen LogP contribution in [0.3, 0.4) is 0 Å². The van der Waals surface area contributed by atoms with Crippen molar-refractivity contribution in [3.63, 3.8) is 0 Å². The second-order valence-electron chi connectivity index (χ2n) is 3.97. The maximum atomic E-state index is 4.33. The third-order valence-corrected chi connectivity index (χ3v) is 2.62. The second-order valence-corrected chi connectivity index (χ2v) is 3.97. The first-order chi connectivity index (χ1) is 8.25. The van der Waals surface area contributed by atoms with Gasteiger partial charge >= 0.3 is 0 Å². The fourth-order valence-electron chi connectivity index (χ4n) is 1.68. The normalized spacial score (nSPS) is 10.7. The van der Waals surface area contributed by atoms with E-state index < -0.39 is 0 Å². The van der Waals surface area contributed by atoms with Gasteiger partial charge in [-0.25, -0.2) is 9.97 Å². The zero-order chi connectivity index (χ0) is 12.1. The summed E-state index contributed by atoms with van der Waals surface area (Å²) in [7, 11) is 1.96. The SMILES string of the molecule is Cc1nccc(CNCCc2ccnn2C)n1. The maximum Gasteiger partial charge on any atom is 0.125 e. The van der Waals surface area contributed by atoms with Gasteiger partial charge in [-0.05, 0) is 19.1 Å². The molecule has 0 amide bonds. The Labute approximate surface area is 101 Å². The Morgan fingerprint density at radius 2 is 2.18 bits per heavy atom. The molecule has 0 aliphatic rings. The van der Waals surface area contributed by atoms with E-state index in [0.29, 0.717) is 0 Å². The van der Waals surface area contributed by atoms with Crippen molar-refractivity contribution in [3.05, 3.63) is 41.7 Å². The molecule has 5 heteroatoms. The molecule has 0 saturated heterocycles. The monoisotopic (exact) mass is 231 g/mol. The van der Waals surface area contributed by atoms with Crippen LogP contribution < -0.4 is 5.32 Å². The van der Waals surface area contributed by atoms with Crippen LogP contribution >= 0.6 is 0 Å². The zero-order valence-corrected chi connectivity index (χ0v) is 10.2. The Hall–Kier alpha value is -1.75. The van der Waals surface area contributed by atoms with Crippen LogP contribution in [0.5, 0.6) is 0 Å². The van der Waals surface area contributed by atoms with Crippen LogP contribution in [0.15, 0.2) is 24.5 Å². The minimum Gasteiger partial charge on any atom is -0.311 e. The lowest BCUT2D eigenvalue weighted by atomic mass is 10.3. The van der Waals surface area contributed by atoms with Crippen LogP contribution in [0.2, 0.25) is 0 Å². The van der Waals surface area contributed by atoms with E-state index in [1.807, 2.05) is 37.0 Å². The molecule has 90 valence electrons. The Morgan fingerprint density at radius 3 is 2.88 bits per heavy atom. The molecular weight excluding hydrogens is 214 g/mol. The molecule has 2 aromatic heterocycles. The van der Waals surface area contributed by atoms with Gasteiger partial charge in [0.1, 0.15) is 5.82 Å². The smallest absolute Gasteiger partial charge is 0.125 e. The molecule has 2 heterocycles. The predicted octanol–water partition coefficient (Wildman–Crippen LogP) is 0.851. The van der Waals surface area contributed by atoms with E-state index >= 15 is 0 Å². The second kappa shape index (κ2) is 5.54. The minimum absolute atomic E-state index is 0.779. The molecule has 2 aromatic rings. The fourth-order valence-corrected chi connectivity index (χ4v) is 1.68. The Kier molecular flexibility index (Phi) is 3.82. The first-order valence-corrected chi connectivity index (χ1v) is 5.72. The van der Waals surface area contributed by atoms with Crippen molar-refractivity contribution in [3.8, 4) is 0 Å². The molecule has 0 atom stereocenters. The van der Waals surface area contributed by atoms with E-state index in [1.165, 1.54) is 5.69 Å². The van der Waals surface area contributed by atoms with Crippen molar-refractivity contribution >= 4 is 0 Å². The molecule has 17 heavy (non-hydrogen) atoms. The van der Waals surface area contributed by atoms with Crippen LogP contribution in [-0.4, -0.2) is 26.3 Å². The van der Waals surface area contributed by atoms with Crippen LogP contribution in [0.25, 0.3) is 0 Å². The van der Waals surface area contributed by atoms with Gasteiger partial charge in [-0.3, -0.25) is 4.68 Å². The Bertz CT molecular complexity index is 477. The quantitative estimate of drug-likeness (QED) is 0.775. The predicted molar refractivity (Wildman–Crippen MR) is 65.4 cm³/mol. The number of aromatic nitrogens is 4. The molecule has 0 aromatic carbocycles. The highest BCUT2D eigenvalue weighted by Gasteiger charge is 1.99. The van der Waals surface area contributed by atoms with E-state index in [9.17, 15) is 0 Å². The third kappa shape index (κ3) is 3.35. The highest BCUT2D eigenvalue weighted by molar-refractivity contribution is 5.02. The zero-order valence-electron chi connectivity index (χ0n) is 10.2. The highest BCUT2D eigenvalue weighted by atomic mass is 15.3. The average Bonchev–Trinajstić information content (AvgIpc) is 2.71. The Balaban J connectivity index is 1.75. The summed E-state index contributed by atoms with van der Waals surface area (Å²) < 4.78 is 1.90. The van der Waals surface area contributed by atoms with Gasteiger partial charge in [0.25, 0.3) is 0 Å². The lowest BCUT2D eigenvalue weighted by Gasteiger charge is -2.05. The van der Waals surface area contributed by atoms with Gasteiger partial charge in [0.2, 0.25) is 0 Å². The summed E-state index contributed by atoms with van der Waals surface area (Å²) in [5, 5.41) is 7.50. The van der Waals surface area contributed by atoms with E-state index in [2.05, 4.69) is 20.4 Å². The Morgan fingerprint density at radius 1 is 1.29 bits per heavy atom. The van der Waals surface area contributed by atoms with Crippen molar-refractivity contribution in [1.29, 1.82) is 0 Å². The van der Waals surface area contributed by atoms with Gasteiger partial charge in [0.05, 0.1) is 5.69 Å². The summed E-state index contributed by atoms with van der Waals surface area (Å²) in [6.07, 6.45) is 4.59.